The van der Waals surface area contributed by atoms with Crippen LogP contribution in [0.2, 0.25) is 5.02 Å². The third-order valence-electron chi connectivity index (χ3n) is 2.84. The van der Waals surface area contributed by atoms with Gasteiger partial charge in [-0.05, 0) is 31.0 Å². The smallest absolute Gasteiger partial charge is 0.0972 e. The average molecular weight is 302 g/mol. The fourth-order valence-corrected chi connectivity index (χ4v) is 1.95. The molecule has 5 heteroatoms. The van der Waals surface area contributed by atoms with E-state index in [4.69, 9.17) is 31.5 Å². The normalized spacial score (nSPS) is 14.2. The monoisotopic (exact) mass is 301 g/mol. The van der Waals surface area contributed by atoms with Gasteiger partial charge >= 0.3 is 0 Å². The van der Waals surface area contributed by atoms with E-state index in [0.717, 1.165) is 12.0 Å². The average Bonchev–Trinajstić information content (AvgIpc) is 2.43. The van der Waals surface area contributed by atoms with Crippen LogP contribution in [0.15, 0.2) is 24.3 Å². The van der Waals surface area contributed by atoms with Crippen molar-refractivity contribution in [2.24, 2.45) is 5.73 Å². The molecule has 0 saturated heterocycles. The predicted molar refractivity (Wildman–Crippen MR) is 81.1 cm³/mol. The van der Waals surface area contributed by atoms with Crippen LogP contribution >= 0.6 is 11.6 Å². The van der Waals surface area contributed by atoms with Crippen molar-refractivity contribution in [1.82, 2.24) is 0 Å². The summed E-state index contributed by atoms with van der Waals surface area (Å²) in [5.74, 6) is 0. The largest absolute Gasteiger partial charge is 0.382 e. The summed E-state index contributed by atoms with van der Waals surface area (Å²) < 4.78 is 16.1. The molecule has 0 saturated carbocycles. The number of ether oxygens (including phenoxy) is 3. The van der Waals surface area contributed by atoms with E-state index >= 15 is 0 Å². The summed E-state index contributed by atoms with van der Waals surface area (Å²) in [6, 6.07) is 7.52. The van der Waals surface area contributed by atoms with Crippen molar-refractivity contribution in [3.05, 3.63) is 34.9 Å². The SMILES string of the molecule is COCCOCCCOC(c1ccc(Cl)cc1)C(C)N. The number of hydrogen-bond acceptors (Lipinski definition) is 4. The van der Waals surface area contributed by atoms with Gasteiger partial charge in [-0.1, -0.05) is 23.7 Å². The Morgan fingerprint density at radius 1 is 1.10 bits per heavy atom. The van der Waals surface area contributed by atoms with Gasteiger partial charge in [-0.25, -0.2) is 0 Å². The molecular weight excluding hydrogens is 278 g/mol. The van der Waals surface area contributed by atoms with Crippen LogP contribution in [0, 0.1) is 0 Å². The van der Waals surface area contributed by atoms with Crippen LogP contribution in [0.25, 0.3) is 0 Å². The molecule has 2 N–H and O–H groups in total. The standard InChI is InChI=1S/C15H24ClNO3/c1-12(17)15(13-4-6-14(16)7-5-13)20-9-3-8-19-11-10-18-2/h4-7,12,15H,3,8-11,17H2,1-2H3. The molecular formula is C15H24ClNO3. The highest BCUT2D eigenvalue weighted by Gasteiger charge is 2.16. The number of benzene rings is 1. The van der Waals surface area contributed by atoms with E-state index in [1.807, 2.05) is 31.2 Å². The van der Waals surface area contributed by atoms with Gasteiger partial charge in [0.25, 0.3) is 0 Å². The maximum absolute atomic E-state index is 5.98. The Balaban J connectivity index is 2.31. The lowest BCUT2D eigenvalue weighted by Gasteiger charge is -2.22. The van der Waals surface area contributed by atoms with Crippen LogP contribution in [0.5, 0.6) is 0 Å². The molecule has 1 aromatic rings. The Morgan fingerprint density at radius 2 is 1.80 bits per heavy atom. The van der Waals surface area contributed by atoms with Crippen LogP contribution in [-0.4, -0.2) is 39.6 Å². The van der Waals surface area contributed by atoms with Crippen molar-refractivity contribution in [3.8, 4) is 0 Å². The number of hydrogen-bond donors (Lipinski definition) is 1. The molecule has 0 fully saturated rings. The highest BCUT2D eigenvalue weighted by Crippen LogP contribution is 2.22. The Kier molecular flexibility index (Phi) is 8.82. The molecule has 0 radical (unpaired) electrons. The molecule has 0 aromatic heterocycles. The third kappa shape index (κ3) is 6.68. The summed E-state index contributed by atoms with van der Waals surface area (Å²) in [4.78, 5) is 0. The molecule has 2 unspecified atom stereocenters. The lowest BCUT2D eigenvalue weighted by atomic mass is 10.0. The Morgan fingerprint density at radius 3 is 2.40 bits per heavy atom. The maximum Gasteiger partial charge on any atom is 0.0972 e. The topological polar surface area (TPSA) is 53.7 Å². The second kappa shape index (κ2) is 10.1. The summed E-state index contributed by atoms with van der Waals surface area (Å²) in [5.41, 5.74) is 7.03. The lowest BCUT2D eigenvalue weighted by molar-refractivity contribution is 0.0143. The fraction of sp³-hybridized carbons (Fsp3) is 0.600. The van der Waals surface area contributed by atoms with E-state index in [-0.39, 0.29) is 12.1 Å². The van der Waals surface area contributed by atoms with Crippen LogP contribution in [0.4, 0.5) is 0 Å². The number of halogens is 1. The molecule has 1 rings (SSSR count). The Bertz CT molecular complexity index is 357. The summed E-state index contributed by atoms with van der Waals surface area (Å²) in [5, 5.41) is 0.712. The minimum atomic E-state index is -0.119. The molecule has 0 bridgehead atoms. The van der Waals surface area contributed by atoms with Crippen molar-refractivity contribution in [1.29, 1.82) is 0 Å². The van der Waals surface area contributed by atoms with E-state index in [9.17, 15) is 0 Å². The van der Waals surface area contributed by atoms with E-state index < -0.39 is 0 Å². The zero-order valence-electron chi connectivity index (χ0n) is 12.2. The first-order chi connectivity index (χ1) is 9.65. The molecule has 4 nitrogen and oxygen atoms in total. The second-order valence-corrected chi connectivity index (χ2v) is 5.10. The first-order valence-corrected chi connectivity index (χ1v) is 7.22. The van der Waals surface area contributed by atoms with Gasteiger partial charge in [0.15, 0.2) is 0 Å². The highest BCUT2D eigenvalue weighted by atomic mass is 35.5. The van der Waals surface area contributed by atoms with Crippen LogP contribution in [-0.2, 0) is 14.2 Å². The minimum Gasteiger partial charge on any atom is -0.382 e. The van der Waals surface area contributed by atoms with Crippen molar-refractivity contribution < 1.29 is 14.2 Å². The van der Waals surface area contributed by atoms with Crippen molar-refractivity contribution in [3.63, 3.8) is 0 Å². The molecule has 0 spiro atoms. The molecule has 0 aliphatic carbocycles. The van der Waals surface area contributed by atoms with E-state index in [1.54, 1.807) is 7.11 Å². The zero-order valence-corrected chi connectivity index (χ0v) is 12.9. The molecule has 1 aromatic carbocycles. The molecule has 0 aliphatic rings. The lowest BCUT2D eigenvalue weighted by Crippen LogP contribution is -2.27. The van der Waals surface area contributed by atoms with E-state index in [1.165, 1.54) is 0 Å². The first-order valence-electron chi connectivity index (χ1n) is 6.84. The third-order valence-corrected chi connectivity index (χ3v) is 3.09. The van der Waals surface area contributed by atoms with Crippen molar-refractivity contribution in [2.45, 2.75) is 25.5 Å². The summed E-state index contributed by atoms with van der Waals surface area (Å²) in [7, 11) is 1.66. The van der Waals surface area contributed by atoms with E-state index in [2.05, 4.69) is 0 Å². The predicted octanol–water partition coefficient (Wildman–Crippen LogP) is 2.80. The maximum atomic E-state index is 5.98. The van der Waals surface area contributed by atoms with Gasteiger partial charge in [0.1, 0.15) is 0 Å². The van der Waals surface area contributed by atoms with Crippen LogP contribution < -0.4 is 5.73 Å². The number of rotatable bonds is 10. The van der Waals surface area contributed by atoms with Gasteiger partial charge in [0, 0.05) is 31.4 Å². The second-order valence-electron chi connectivity index (χ2n) is 4.66. The minimum absolute atomic E-state index is 0.0782. The summed E-state index contributed by atoms with van der Waals surface area (Å²) in [6.45, 7) is 4.45. The van der Waals surface area contributed by atoms with Gasteiger partial charge < -0.3 is 19.9 Å². The number of methoxy groups -OCH3 is 1. The van der Waals surface area contributed by atoms with Gasteiger partial charge in [0.05, 0.1) is 19.3 Å². The molecule has 0 amide bonds. The molecule has 20 heavy (non-hydrogen) atoms. The molecule has 0 heterocycles. The fourth-order valence-electron chi connectivity index (χ4n) is 1.82. The molecule has 0 aliphatic heterocycles. The number of nitrogens with two attached hydrogens (primary N) is 1. The first kappa shape index (κ1) is 17.4. The van der Waals surface area contributed by atoms with Crippen LogP contribution in [0.3, 0.4) is 0 Å². The Hall–Kier alpha value is -0.650. The molecule has 114 valence electrons. The van der Waals surface area contributed by atoms with E-state index in [0.29, 0.717) is 31.5 Å². The molecule has 2 atom stereocenters. The van der Waals surface area contributed by atoms with Gasteiger partial charge in [0.2, 0.25) is 0 Å². The zero-order chi connectivity index (χ0) is 14.8. The highest BCUT2D eigenvalue weighted by molar-refractivity contribution is 6.30. The summed E-state index contributed by atoms with van der Waals surface area (Å²) >= 11 is 5.88. The summed E-state index contributed by atoms with van der Waals surface area (Å²) in [6.07, 6.45) is 0.715. The van der Waals surface area contributed by atoms with Gasteiger partial charge in [-0.15, -0.1) is 0 Å². The Labute approximate surface area is 126 Å². The van der Waals surface area contributed by atoms with Crippen molar-refractivity contribution in [2.75, 3.05) is 33.5 Å². The van der Waals surface area contributed by atoms with Crippen LogP contribution in [0.1, 0.15) is 25.0 Å². The van der Waals surface area contributed by atoms with Gasteiger partial charge in [-0.3, -0.25) is 0 Å². The van der Waals surface area contributed by atoms with Gasteiger partial charge in [-0.2, -0.15) is 0 Å². The van der Waals surface area contributed by atoms with Crippen molar-refractivity contribution >= 4 is 11.6 Å². The quantitative estimate of drug-likeness (QED) is 0.675.